The van der Waals surface area contributed by atoms with E-state index in [0.29, 0.717) is 5.92 Å². The van der Waals surface area contributed by atoms with E-state index in [4.69, 9.17) is 0 Å². The number of nitrogens with zero attached hydrogens (tertiary/aromatic N) is 1. The molecule has 0 bridgehead atoms. The monoisotopic (exact) mass is 213 g/mol. The molecule has 1 aromatic rings. The Balaban J connectivity index is 2.75. The van der Waals surface area contributed by atoms with E-state index >= 15 is 0 Å². The molecule has 1 N–H and O–H groups in total. The van der Waals surface area contributed by atoms with Crippen LogP contribution in [0.25, 0.3) is 0 Å². The molecule has 14 heavy (non-hydrogen) atoms. The zero-order valence-electron chi connectivity index (χ0n) is 9.37. The largest absolute Gasteiger partial charge is 0.396 e. The van der Waals surface area contributed by atoms with Crippen molar-refractivity contribution in [2.24, 2.45) is 11.3 Å². The summed E-state index contributed by atoms with van der Waals surface area (Å²) in [5.74, 6) is 0.469. The van der Waals surface area contributed by atoms with Crippen molar-refractivity contribution in [1.29, 1.82) is 0 Å². The van der Waals surface area contributed by atoms with E-state index in [1.54, 1.807) is 11.3 Å². The molecule has 0 saturated carbocycles. The number of hydrogen-bond acceptors (Lipinski definition) is 3. The molecule has 0 radical (unpaired) electrons. The second-order valence-corrected chi connectivity index (χ2v) is 5.47. The molecule has 1 heterocycles. The van der Waals surface area contributed by atoms with Crippen LogP contribution in [0.15, 0.2) is 5.38 Å². The Bertz CT molecular complexity index is 295. The summed E-state index contributed by atoms with van der Waals surface area (Å²) >= 11 is 1.69. The number of aliphatic hydroxyl groups is 1. The van der Waals surface area contributed by atoms with Crippen LogP contribution in [0, 0.1) is 18.3 Å². The van der Waals surface area contributed by atoms with E-state index in [1.165, 1.54) is 0 Å². The van der Waals surface area contributed by atoms with Crippen molar-refractivity contribution in [1.82, 2.24) is 4.98 Å². The lowest BCUT2D eigenvalue weighted by Crippen LogP contribution is -2.30. The zero-order valence-corrected chi connectivity index (χ0v) is 10.2. The summed E-state index contributed by atoms with van der Waals surface area (Å²) in [4.78, 5) is 4.43. The lowest BCUT2D eigenvalue weighted by atomic mass is 9.77. The maximum atomic E-state index is 9.40. The zero-order chi connectivity index (χ0) is 10.8. The van der Waals surface area contributed by atoms with Gasteiger partial charge in [0.1, 0.15) is 0 Å². The fourth-order valence-corrected chi connectivity index (χ4v) is 2.24. The molecule has 0 aliphatic rings. The van der Waals surface area contributed by atoms with Gasteiger partial charge in [0.05, 0.1) is 5.01 Å². The van der Waals surface area contributed by atoms with Crippen LogP contribution in [-0.2, 0) is 6.42 Å². The Morgan fingerprint density at radius 1 is 1.57 bits per heavy atom. The van der Waals surface area contributed by atoms with Gasteiger partial charge >= 0.3 is 0 Å². The van der Waals surface area contributed by atoms with Gasteiger partial charge in [-0.25, -0.2) is 4.98 Å². The maximum Gasteiger partial charge on any atom is 0.0934 e. The van der Waals surface area contributed by atoms with Gasteiger partial charge in [-0.05, 0) is 18.3 Å². The molecule has 2 nitrogen and oxygen atoms in total. The van der Waals surface area contributed by atoms with E-state index in [1.807, 2.05) is 6.92 Å². The molecule has 0 fully saturated rings. The van der Waals surface area contributed by atoms with Crippen molar-refractivity contribution in [3.05, 3.63) is 16.1 Å². The lowest BCUT2D eigenvalue weighted by molar-refractivity contribution is 0.0946. The third-order valence-electron chi connectivity index (χ3n) is 2.98. The highest BCUT2D eigenvalue weighted by Crippen LogP contribution is 2.31. The molecular weight excluding hydrogens is 194 g/mol. The molecular formula is C11H19NOS. The average molecular weight is 213 g/mol. The van der Waals surface area contributed by atoms with Gasteiger partial charge in [0.25, 0.3) is 0 Å². The molecule has 0 spiro atoms. The molecule has 3 heteroatoms. The van der Waals surface area contributed by atoms with Crippen LogP contribution in [0.3, 0.4) is 0 Å². The Morgan fingerprint density at radius 2 is 2.21 bits per heavy atom. The van der Waals surface area contributed by atoms with Gasteiger partial charge in [0, 0.05) is 24.1 Å². The Kier molecular flexibility index (Phi) is 3.67. The lowest BCUT2D eigenvalue weighted by Gasteiger charge is -2.30. The van der Waals surface area contributed by atoms with Crippen LogP contribution in [0.5, 0.6) is 0 Å². The van der Waals surface area contributed by atoms with E-state index in [9.17, 15) is 5.11 Å². The van der Waals surface area contributed by atoms with E-state index in [0.717, 1.165) is 17.1 Å². The predicted molar refractivity (Wildman–Crippen MR) is 60.6 cm³/mol. The van der Waals surface area contributed by atoms with Crippen LogP contribution in [-0.4, -0.2) is 16.7 Å². The summed E-state index contributed by atoms with van der Waals surface area (Å²) in [6.07, 6.45) is 0.875. The average Bonchev–Trinajstić information content (AvgIpc) is 2.50. The topological polar surface area (TPSA) is 33.1 Å². The first-order valence-corrected chi connectivity index (χ1v) is 5.88. The van der Waals surface area contributed by atoms with Crippen LogP contribution in [0.4, 0.5) is 0 Å². The van der Waals surface area contributed by atoms with Crippen molar-refractivity contribution in [3.8, 4) is 0 Å². The number of aliphatic hydroxyl groups excluding tert-OH is 1. The SMILES string of the molecule is Cc1csc(CC(C)(CO)C(C)C)n1. The molecule has 0 saturated heterocycles. The second kappa shape index (κ2) is 4.41. The summed E-state index contributed by atoms with van der Waals surface area (Å²) in [5, 5.41) is 12.6. The fraction of sp³-hybridized carbons (Fsp3) is 0.727. The molecule has 0 aliphatic heterocycles. The Morgan fingerprint density at radius 3 is 2.57 bits per heavy atom. The van der Waals surface area contributed by atoms with Gasteiger partial charge in [-0.2, -0.15) is 0 Å². The van der Waals surface area contributed by atoms with Crippen LogP contribution < -0.4 is 0 Å². The highest BCUT2D eigenvalue weighted by Gasteiger charge is 2.28. The molecule has 80 valence electrons. The van der Waals surface area contributed by atoms with Gasteiger partial charge in [0.15, 0.2) is 0 Å². The number of aromatic nitrogens is 1. The minimum absolute atomic E-state index is 0.0374. The summed E-state index contributed by atoms with van der Waals surface area (Å²) in [6.45, 7) is 8.65. The van der Waals surface area contributed by atoms with Gasteiger partial charge < -0.3 is 5.11 Å². The summed E-state index contributed by atoms with van der Waals surface area (Å²) in [6, 6.07) is 0. The van der Waals surface area contributed by atoms with Gasteiger partial charge in [-0.15, -0.1) is 11.3 Å². The summed E-state index contributed by atoms with van der Waals surface area (Å²) < 4.78 is 0. The molecule has 1 unspecified atom stereocenters. The minimum atomic E-state index is -0.0374. The third kappa shape index (κ3) is 2.55. The molecule has 0 amide bonds. The van der Waals surface area contributed by atoms with Crippen LogP contribution in [0.1, 0.15) is 31.5 Å². The first-order valence-electron chi connectivity index (χ1n) is 5.00. The Labute approximate surface area is 90.0 Å². The number of thiazole rings is 1. The number of aryl methyl sites for hydroxylation is 1. The minimum Gasteiger partial charge on any atom is -0.396 e. The second-order valence-electron chi connectivity index (χ2n) is 4.53. The number of rotatable bonds is 4. The fourth-order valence-electron chi connectivity index (χ4n) is 1.27. The first kappa shape index (κ1) is 11.7. The third-order valence-corrected chi connectivity index (χ3v) is 3.94. The first-order chi connectivity index (χ1) is 6.48. The molecule has 1 atom stereocenters. The molecule has 1 rings (SSSR count). The van der Waals surface area contributed by atoms with E-state index in [2.05, 4.69) is 31.1 Å². The van der Waals surface area contributed by atoms with E-state index < -0.39 is 0 Å². The van der Waals surface area contributed by atoms with Crippen molar-refractivity contribution >= 4 is 11.3 Å². The molecule has 0 aromatic carbocycles. The highest BCUT2D eigenvalue weighted by atomic mass is 32.1. The smallest absolute Gasteiger partial charge is 0.0934 e. The molecule has 0 aliphatic carbocycles. The van der Waals surface area contributed by atoms with Gasteiger partial charge in [-0.1, -0.05) is 20.8 Å². The van der Waals surface area contributed by atoms with Crippen molar-refractivity contribution in [2.45, 2.75) is 34.1 Å². The van der Waals surface area contributed by atoms with Gasteiger partial charge in [-0.3, -0.25) is 0 Å². The van der Waals surface area contributed by atoms with Crippen LogP contribution in [0.2, 0.25) is 0 Å². The van der Waals surface area contributed by atoms with Crippen molar-refractivity contribution < 1.29 is 5.11 Å². The summed E-state index contributed by atoms with van der Waals surface area (Å²) in [7, 11) is 0. The van der Waals surface area contributed by atoms with Crippen molar-refractivity contribution in [3.63, 3.8) is 0 Å². The number of hydrogen-bond donors (Lipinski definition) is 1. The quantitative estimate of drug-likeness (QED) is 0.834. The maximum absolute atomic E-state index is 9.40. The highest BCUT2D eigenvalue weighted by molar-refractivity contribution is 7.09. The normalized spacial score (nSPS) is 15.9. The van der Waals surface area contributed by atoms with Crippen LogP contribution >= 0.6 is 11.3 Å². The Hall–Kier alpha value is -0.410. The van der Waals surface area contributed by atoms with Gasteiger partial charge in [0.2, 0.25) is 0 Å². The van der Waals surface area contributed by atoms with Crippen molar-refractivity contribution in [2.75, 3.05) is 6.61 Å². The predicted octanol–water partition coefficient (Wildman–Crippen LogP) is 2.65. The molecule has 1 aromatic heterocycles. The standard InChI is InChI=1S/C11H19NOS/c1-8(2)11(4,7-13)5-10-12-9(3)6-14-10/h6,8,13H,5,7H2,1-4H3. The summed E-state index contributed by atoms with van der Waals surface area (Å²) in [5.41, 5.74) is 1.04. The van der Waals surface area contributed by atoms with E-state index in [-0.39, 0.29) is 12.0 Å².